The summed E-state index contributed by atoms with van der Waals surface area (Å²) >= 11 is 6.84. The third-order valence-corrected chi connectivity index (χ3v) is 5.09. The van der Waals surface area contributed by atoms with E-state index in [1.54, 1.807) is 29.7 Å². The van der Waals surface area contributed by atoms with Gasteiger partial charge in [-0.1, -0.05) is 0 Å². The van der Waals surface area contributed by atoms with Gasteiger partial charge in [-0.3, -0.25) is 4.99 Å². The van der Waals surface area contributed by atoms with E-state index in [0.29, 0.717) is 0 Å². The number of halogens is 2. The summed E-state index contributed by atoms with van der Waals surface area (Å²) in [6, 6.07) is 2.12. The van der Waals surface area contributed by atoms with Crippen LogP contribution in [0.5, 0.6) is 0 Å². The van der Waals surface area contributed by atoms with Crippen molar-refractivity contribution in [1.82, 2.24) is 15.2 Å². The Bertz CT molecular complexity index is 597. The van der Waals surface area contributed by atoms with Crippen LogP contribution in [-0.4, -0.2) is 29.9 Å². The van der Waals surface area contributed by atoms with Crippen molar-refractivity contribution in [3.8, 4) is 0 Å². The average molecular weight is 501 g/mol. The van der Waals surface area contributed by atoms with Crippen molar-refractivity contribution in [2.24, 2.45) is 4.99 Å². The summed E-state index contributed by atoms with van der Waals surface area (Å²) in [5.41, 5.74) is 2.33. The second-order valence-corrected chi connectivity index (χ2v) is 7.73. The molecular weight excluding hydrogens is 483 g/mol. The predicted molar refractivity (Wildman–Crippen MR) is 106 cm³/mol. The minimum atomic E-state index is 0. The molecule has 0 saturated carbocycles. The van der Waals surface area contributed by atoms with E-state index in [4.69, 9.17) is 0 Å². The third kappa shape index (κ3) is 5.84. The molecule has 0 aliphatic rings. The van der Waals surface area contributed by atoms with Crippen LogP contribution >= 0.6 is 62.6 Å². The molecule has 2 aromatic rings. The number of aromatic nitrogens is 1. The summed E-state index contributed by atoms with van der Waals surface area (Å²) in [6.07, 6.45) is 0. The monoisotopic (exact) mass is 500 g/mol. The zero-order valence-electron chi connectivity index (χ0n) is 12.1. The molecule has 0 atom stereocenters. The molecule has 2 rings (SSSR count). The van der Waals surface area contributed by atoms with Gasteiger partial charge < -0.3 is 10.2 Å². The molecule has 4 nitrogen and oxygen atoms in total. The fourth-order valence-corrected chi connectivity index (χ4v) is 3.62. The maximum Gasteiger partial charge on any atom is 0.194 e. The molecule has 2 aromatic heterocycles. The number of aliphatic imine (C=N–C) groups is 1. The standard InChI is InChI=1S/C13H17BrN4S2.HI/c1-9-17-11(8-19-9)6-18(3)13(15-2)16-5-10-4-12(14)20-7-10;/h4,7-8H,5-6H2,1-3H3,(H,15,16);1H. The first-order valence-corrected chi connectivity index (χ1v) is 8.69. The van der Waals surface area contributed by atoms with Gasteiger partial charge >= 0.3 is 0 Å². The Labute approximate surface area is 158 Å². The van der Waals surface area contributed by atoms with Crippen molar-refractivity contribution in [1.29, 1.82) is 0 Å². The number of thiazole rings is 1. The van der Waals surface area contributed by atoms with Gasteiger partial charge in [-0.25, -0.2) is 4.98 Å². The summed E-state index contributed by atoms with van der Waals surface area (Å²) in [6.45, 7) is 3.56. The number of hydrogen-bond acceptors (Lipinski definition) is 4. The van der Waals surface area contributed by atoms with E-state index >= 15 is 0 Å². The normalized spacial score (nSPS) is 11.1. The molecule has 0 unspecified atom stereocenters. The molecule has 0 saturated heterocycles. The lowest BCUT2D eigenvalue weighted by molar-refractivity contribution is 0.470. The summed E-state index contributed by atoms with van der Waals surface area (Å²) in [5, 5.41) is 8.69. The van der Waals surface area contributed by atoms with Crippen molar-refractivity contribution < 1.29 is 0 Å². The van der Waals surface area contributed by atoms with Crippen molar-refractivity contribution in [2.45, 2.75) is 20.0 Å². The highest BCUT2D eigenvalue weighted by Gasteiger charge is 2.08. The zero-order valence-corrected chi connectivity index (χ0v) is 17.6. The van der Waals surface area contributed by atoms with Gasteiger partial charge in [0.1, 0.15) is 0 Å². The van der Waals surface area contributed by atoms with Gasteiger partial charge in [-0.2, -0.15) is 0 Å². The van der Waals surface area contributed by atoms with Gasteiger partial charge in [0.05, 0.1) is 21.0 Å². The smallest absolute Gasteiger partial charge is 0.194 e. The Morgan fingerprint density at radius 1 is 1.43 bits per heavy atom. The van der Waals surface area contributed by atoms with E-state index in [-0.39, 0.29) is 24.0 Å². The molecule has 0 aliphatic heterocycles. The number of thiophene rings is 1. The molecule has 0 aromatic carbocycles. The van der Waals surface area contributed by atoms with Gasteiger partial charge in [-0.15, -0.1) is 46.7 Å². The van der Waals surface area contributed by atoms with E-state index in [1.807, 2.05) is 14.0 Å². The van der Waals surface area contributed by atoms with Crippen molar-refractivity contribution in [3.05, 3.63) is 36.9 Å². The summed E-state index contributed by atoms with van der Waals surface area (Å²) in [4.78, 5) is 10.9. The molecule has 1 N–H and O–H groups in total. The Morgan fingerprint density at radius 2 is 2.19 bits per heavy atom. The Hall–Kier alpha value is -0.190. The molecule has 0 aliphatic carbocycles. The second-order valence-electron chi connectivity index (χ2n) is 4.37. The fraction of sp³-hybridized carbons (Fsp3) is 0.385. The van der Waals surface area contributed by atoms with Crippen molar-refractivity contribution >= 4 is 68.5 Å². The average Bonchev–Trinajstić information content (AvgIpc) is 2.99. The molecule has 8 heteroatoms. The lowest BCUT2D eigenvalue weighted by Crippen LogP contribution is -2.38. The molecule has 0 spiro atoms. The number of hydrogen-bond donors (Lipinski definition) is 1. The van der Waals surface area contributed by atoms with Crippen molar-refractivity contribution in [3.63, 3.8) is 0 Å². The SMILES string of the molecule is CN=C(NCc1csc(Br)c1)N(C)Cc1csc(C)n1.I. The number of guanidine groups is 1. The quantitative estimate of drug-likeness (QED) is 0.390. The van der Waals surface area contributed by atoms with Crippen LogP contribution < -0.4 is 5.32 Å². The molecule has 0 bridgehead atoms. The summed E-state index contributed by atoms with van der Waals surface area (Å²) in [7, 11) is 3.82. The molecule has 21 heavy (non-hydrogen) atoms. The maximum absolute atomic E-state index is 4.48. The van der Waals surface area contributed by atoms with Gasteiger partial charge in [0, 0.05) is 26.0 Å². The maximum atomic E-state index is 4.48. The molecule has 116 valence electrons. The van der Waals surface area contributed by atoms with Crippen molar-refractivity contribution in [2.75, 3.05) is 14.1 Å². The molecular formula is C13H18BrIN4S2. The highest BCUT2D eigenvalue weighted by molar-refractivity contribution is 14.0. The van der Waals surface area contributed by atoms with E-state index in [0.717, 1.165) is 33.5 Å². The van der Waals surface area contributed by atoms with E-state index in [2.05, 4.69) is 52.9 Å². The first kappa shape index (κ1) is 18.9. The van der Waals surface area contributed by atoms with Crippen LogP contribution in [0.25, 0.3) is 0 Å². The fourth-order valence-electron chi connectivity index (χ4n) is 1.80. The third-order valence-electron chi connectivity index (χ3n) is 2.71. The highest BCUT2D eigenvalue weighted by Crippen LogP contribution is 2.20. The van der Waals surface area contributed by atoms with E-state index in [9.17, 15) is 0 Å². The lowest BCUT2D eigenvalue weighted by atomic mass is 10.3. The van der Waals surface area contributed by atoms with Crippen LogP contribution in [0.3, 0.4) is 0 Å². The first-order chi connectivity index (χ1) is 9.58. The van der Waals surface area contributed by atoms with Crippen LogP contribution in [0.2, 0.25) is 0 Å². The topological polar surface area (TPSA) is 40.5 Å². The van der Waals surface area contributed by atoms with Crippen LogP contribution in [-0.2, 0) is 13.1 Å². The minimum absolute atomic E-state index is 0. The van der Waals surface area contributed by atoms with Crippen LogP contribution in [0.15, 0.2) is 25.6 Å². The van der Waals surface area contributed by atoms with E-state index in [1.165, 1.54) is 5.56 Å². The minimum Gasteiger partial charge on any atom is -0.352 e. The van der Waals surface area contributed by atoms with Gasteiger partial charge in [-0.05, 0) is 39.9 Å². The van der Waals surface area contributed by atoms with Crippen LogP contribution in [0.4, 0.5) is 0 Å². The first-order valence-electron chi connectivity index (χ1n) is 6.14. The number of aryl methyl sites for hydroxylation is 1. The van der Waals surface area contributed by atoms with Gasteiger partial charge in [0.2, 0.25) is 0 Å². The second kappa shape index (κ2) is 9.06. The lowest BCUT2D eigenvalue weighted by Gasteiger charge is -2.21. The number of rotatable bonds is 4. The molecule has 0 radical (unpaired) electrons. The predicted octanol–water partition coefficient (Wildman–Crippen LogP) is 4.10. The van der Waals surface area contributed by atoms with Gasteiger partial charge in [0.15, 0.2) is 5.96 Å². The number of nitrogens with one attached hydrogen (secondary N) is 1. The Morgan fingerprint density at radius 3 is 2.71 bits per heavy atom. The molecule has 2 heterocycles. The largest absolute Gasteiger partial charge is 0.352 e. The Kier molecular flexibility index (Phi) is 8.14. The molecule has 0 fully saturated rings. The Balaban J connectivity index is 0.00000220. The zero-order chi connectivity index (χ0) is 14.5. The van der Waals surface area contributed by atoms with Crippen LogP contribution in [0.1, 0.15) is 16.3 Å². The summed E-state index contributed by atoms with van der Waals surface area (Å²) in [5.74, 6) is 0.873. The van der Waals surface area contributed by atoms with Gasteiger partial charge in [0.25, 0.3) is 0 Å². The molecule has 0 amide bonds. The number of nitrogens with zero attached hydrogens (tertiary/aromatic N) is 3. The van der Waals surface area contributed by atoms with Crippen LogP contribution in [0, 0.1) is 6.92 Å². The summed E-state index contributed by atoms with van der Waals surface area (Å²) < 4.78 is 1.15. The highest BCUT2D eigenvalue weighted by atomic mass is 127. The van der Waals surface area contributed by atoms with E-state index < -0.39 is 0 Å².